The van der Waals surface area contributed by atoms with Crippen molar-refractivity contribution in [3.05, 3.63) is 23.3 Å². The number of likely N-dealkylation sites (N-methyl/N-ethyl adjacent to an activating group) is 1. The van der Waals surface area contributed by atoms with Gasteiger partial charge in [0.05, 0.1) is 14.2 Å². The summed E-state index contributed by atoms with van der Waals surface area (Å²) in [5, 5.41) is 3.30. The van der Waals surface area contributed by atoms with Crippen molar-refractivity contribution < 1.29 is 9.47 Å². The fourth-order valence-corrected chi connectivity index (χ4v) is 2.18. The average Bonchev–Trinajstić information content (AvgIpc) is 2.28. The van der Waals surface area contributed by atoms with Crippen LogP contribution in [0.5, 0.6) is 11.5 Å². The fourth-order valence-electron chi connectivity index (χ4n) is 2.18. The molecule has 4 nitrogen and oxygen atoms in total. The molecule has 0 bridgehead atoms. The molecule has 0 aromatic heterocycles. The van der Waals surface area contributed by atoms with Crippen molar-refractivity contribution in [2.24, 2.45) is 0 Å². The van der Waals surface area contributed by atoms with E-state index in [-0.39, 0.29) is 0 Å². The van der Waals surface area contributed by atoms with Crippen molar-refractivity contribution in [2.45, 2.75) is 19.5 Å². The Morgan fingerprint density at radius 2 is 1.83 bits per heavy atom. The first-order valence-electron chi connectivity index (χ1n) is 6.28. The van der Waals surface area contributed by atoms with Gasteiger partial charge in [0.15, 0.2) is 11.5 Å². The fraction of sp³-hybridized carbons (Fsp3) is 0.571. The van der Waals surface area contributed by atoms with Crippen molar-refractivity contribution in [2.75, 3.05) is 34.4 Å². The summed E-state index contributed by atoms with van der Waals surface area (Å²) in [6.07, 6.45) is 0. The Kier molecular flexibility index (Phi) is 4.09. The highest BCUT2D eigenvalue weighted by atomic mass is 16.5. The second-order valence-corrected chi connectivity index (χ2v) is 4.86. The lowest BCUT2D eigenvalue weighted by molar-refractivity contribution is 0.172. The van der Waals surface area contributed by atoms with E-state index in [4.69, 9.17) is 9.47 Å². The maximum atomic E-state index is 5.36. The maximum Gasteiger partial charge on any atom is 0.161 e. The molecular weight excluding hydrogens is 228 g/mol. The van der Waals surface area contributed by atoms with Gasteiger partial charge in [-0.15, -0.1) is 0 Å². The Bertz CT molecular complexity index is 417. The van der Waals surface area contributed by atoms with Gasteiger partial charge < -0.3 is 14.8 Å². The molecule has 0 amide bonds. The molecular formula is C14H22N2O2. The first kappa shape index (κ1) is 13.2. The van der Waals surface area contributed by atoms with Gasteiger partial charge >= 0.3 is 0 Å². The highest BCUT2D eigenvalue weighted by molar-refractivity contribution is 5.47. The minimum absolute atomic E-state index is 0.650. The monoisotopic (exact) mass is 250 g/mol. The quantitative estimate of drug-likeness (QED) is 0.857. The van der Waals surface area contributed by atoms with Gasteiger partial charge in [-0.1, -0.05) is 0 Å². The van der Waals surface area contributed by atoms with E-state index in [0.717, 1.165) is 31.1 Å². The zero-order valence-electron chi connectivity index (χ0n) is 11.6. The normalized spacial score (nSPS) is 15.6. The summed E-state index contributed by atoms with van der Waals surface area (Å²) in [5.74, 6) is 1.60. The largest absolute Gasteiger partial charge is 0.493 e. The summed E-state index contributed by atoms with van der Waals surface area (Å²) in [6.45, 7) is 5.23. The van der Waals surface area contributed by atoms with E-state index in [0.29, 0.717) is 6.04 Å². The second kappa shape index (κ2) is 5.59. The zero-order chi connectivity index (χ0) is 13.1. The van der Waals surface area contributed by atoms with E-state index in [2.05, 4.69) is 30.3 Å². The molecule has 1 aromatic rings. The van der Waals surface area contributed by atoms with Gasteiger partial charge in [0.25, 0.3) is 0 Å². The first-order chi connectivity index (χ1) is 8.65. The Labute approximate surface area is 109 Å². The average molecular weight is 250 g/mol. The standard InChI is InChI=1S/C14H22N2O2/c1-10-5-13(17-3)14(18-4)6-11(10)9-16(2)12-7-15-8-12/h5-6,12,15H,7-9H2,1-4H3. The van der Waals surface area contributed by atoms with E-state index >= 15 is 0 Å². The summed E-state index contributed by atoms with van der Waals surface area (Å²) in [5.41, 5.74) is 2.54. The molecule has 1 aliphatic rings. The molecule has 1 aromatic carbocycles. The summed E-state index contributed by atoms with van der Waals surface area (Å²) < 4.78 is 10.7. The molecule has 1 heterocycles. The molecule has 0 radical (unpaired) electrons. The van der Waals surface area contributed by atoms with Gasteiger partial charge in [-0.05, 0) is 37.2 Å². The number of methoxy groups -OCH3 is 2. The third-order valence-electron chi connectivity index (χ3n) is 3.65. The number of ether oxygens (including phenoxy) is 2. The number of aryl methyl sites for hydroxylation is 1. The summed E-state index contributed by atoms with van der Waals surface area (Å²) in [4.78, 5) is 2.38. The van der Waals surface area contributed by atoms with Gasteiger partial charge in [0.2, 0.25) is 0 Å². The van der Waals surface area contributed by atoms with E-state index in [1.165, 1.54) is 11.1 Å². The maximum absolute atomic E-state index is 5.36. The summed E-state index contributed by atoms with van der Waals surface area (Å²) in [7, 11) is 5.52. The summed E-state index contributed by atoms with van der Waals surface area (Å²) >= 11 is 0. The number of rotatable bonds is 5. The van der Waals surface area contributed by atoms with Crippen LogP contribution in [0.25, 0.3) is 0 Å². The molecule has 2 rings (SSSR count). The smallest absolute Gasteiger partial charge is 0.161 e. The third-order valence-corrected chi connectivity index (χ3v) is 3.65. The van der Waals surface area contributed by atoms with Crippen LogP contribution in [-0.2, 0) is 6.54 Å². The van der Waals surface area contributed by atoms with E-state index in [9.17, 15) is 0 Å². The highest BCUT2D eigenvalue weighted by Gasteiger charge is 2.22. The van der Waals surface area contributed by atoms with Crippen LogP contribution in [0.2, 0.25) is 0 Å². The second-order valence-electron chi connectivity index (χ2n) is 4.86. The lowest BCUT2D eigenvalue weighted by Gasteiger charge is -2.36. The molecule has 4 heteroatoms. The van der Waals surface area contributed by atoms with Crippen LogP contribution in [0.15, 0.2) is 12.1 Å². The van der Waals surface area contributed by atoms with Gasteiger partial charge in [-0.3, -0.25) is 4.90 Å². The molecule has 0 spiro atoms. The molecule has 0 saturated carbocycles. The minimum Gasteiger partial charge on any atom is -0.493 e. The molecule has 0 unspecified atom stereocenters. The number of nitrogens with zero attached hydrogens (tertiary/aromatic N) is 1. The lowest BCUT2D eigenvalue weighted by atomic mass is 10.1. The molecule has 18 heavy (non-hydrogen) atoms. The minimum atomic E-state index is 0.650. The molecule has 1 fully saturated rings. The van der Waals surface area contributed by atoms with Gasteiger partial charge in [0.1, 0.15) is 0 Å². The third kappa shape index (κ3) is 2.60. The van der Waals surface area contributed by atoms with Crippen LogP contribution in [0.4, 0.5) is 0 Å². The van der Waals surface area contributed by atoms with Crippen LogP contribution in [-0.4, -0.2) is 45.3 Å². The molecule has 100 valence electrons. The Morgan fingerprint density at radius 1 is 1.22 bits per heavy atom. The SMILES string of the molecule is COc1cc(C)c(CN(C)C2CNC2)cc1OC. The summed E-state index contributed by atoms with van der Waals surface area (Å²) in [6, 6.07) is 4.77. The molecule has 0 atom stereocenters. The van der Waals surface area contributed by atoms with Crippen molar-refractivity contribution in [1.82, 2.24) is 10.2 Å². The number of nitrogens with one attached hydrogen (secondary N) is 1. The van der Waals surface area contributed by atoms with E-state index in [1.54, 1.807) is 14.2 Å². The van der Waals surface area contributed by atoms with Crippen molar-refractivity contribution in [3.8, 4) is 11.5 Å². The Balaban J connectivity index is 2.16. The molecule has 1 saturated heterocycles. The van der Waals surface area contributed by atoms with Gasteiger partial charge in [-0.2, -0.15) is 0 Å². The van der Waals surface area contributed by atoms with Gasteiger partial charge in [-0.25, -0.2) is 0 Å². The Morgan fingerprint density at radius 3 is 2.33 bits per heavy atom. The molecule has 0 aliphatic carbocycles. The number of hydrogen-bond acceptors (Lipinski definition) is 4. The predicted octanol–water partition coefficient (Wildman–Crippen LogP) is 1.42. The van der Waals surface area contributed by atoms with E-state index < -0.39 is 0 Å². The van der Waals surface area contributed by atoms with Crippen LogP contribution in [0, 0.1) is 6.92 Å². The predicted molar refractivity (Wildman–Crippen MR) is 72.4 cm³/mol. The van der Waals surface area contributed by atoms with Crippen LogP contribution >= 0.6 is 0 Å². The first-order valence-corrected chi connectivity index (χ1v) is 6.28. The molecule has 1 N–H and O–H groups in total. The molecule has 1 aliphatic heterocycles. The lowest BCUT2D eigenvalue weighted by Crippen LogP contribution is -2.55. The number of benzene rings is 1. The highest BCUT2D eigenvalue weighted by Crippen LogP contribution is 2.30. The van der Waals surface area contributed by atoms with E-state index in [1.807, 2.05) is 6.07 Å². The van der Waals surface area contributed by atoms with Gasteiger partial charge in [0, 0.05) is 25.7 Å². The van der Waals surface area contributed by atoms with Crippen LogP contribution in [0.1, 0.15) is 11.1 Å². The zero-order valence-corrected chi connectivity index (χ0v) is 11.6. The van der Waals surface area contributed by atoms with Crippen molar-refractivity contribution in [3.63, 3.8) is 0 Å². The van der Waals surface area contributed by atoms with Crippen molar-refractivity contribution in [1.29, 1.82) is 0 Å². The van der Waals surface area contributed by atoms with Crippen molar-refractivity contribution >= 4 is 0 Å². The number of hydrogen-bond donors (Lipinski definition) is 1. The van der Waals surface area contributed by atoms with Crippen LogP contribution < -0.4 is 14.8 Å². The topological polar surface area (TPSA) is 33.7 Å². The Hall–Kier alpha value is -1.26. The van der Waals surface area contributed by atoms with Crippen LogP contribution in [0.3, 0.4) is 0 Å².